The van der Waals surface area contributed by atoms with Gasteiger partial charge in [-0.2, -0.15) is 0 Å². The first-order chi connectivity index (χ1) is 8.31. The molecule has 0 nitrogen and oxygen atoms in total. The van der Waals surface area contributed by atoms with Crippen molar-refractivity contribution in [3.63, 3.8) is 0 Å². The van der Waals surface area contributed by atoms with Gasteiger partial charge in [-0.05, 0) is 29.3 Å². The molecule has 1 aromatic heterocycles. The predicted molar refractivity (Wildman–Crippen MR) is 81.5 cm³/mol. The van der Waals surface area contributed by atoms with Crippen molar-refractivity contribution in [1.29, 1.82) is 0 Å². The molecule has 0 aliphatic heterocycles. The highest BCUT2D eigenvalue weighted by molar-refractivity contribution is 9.08. The Hall–Kier alpha value is -0.570. The first-order valence-electron chi connectivity index (χ1n) is 5.38. The Morgan fingerprint density at radius 3 is 2.53 bits per heavy atom. The Morgan fingerprint density at radius 1 is 0.941 bits per heavy atom. The molecule has 0 spiro atoms. The summed E-state index contributed by atoms with van der Waals surface area (Å²) in [6.07, 6.45) is 0. The molecule has 1 heterocycles. The zero-order valence-electron chi connectivity index (χ0n) is 9.04. The lowest BCUT2D eigenvalue weighted by Gasteiger charge is -1.97. The van der Waals surface area contributed by atoms with E-state index in [1.165, 1.54) is 31.3 Å². The second-order valence-electron chi connectivity index (χ2n) is 4.03. The van der Waals surface area contributed by atoms with E-state index in [2.05, 4.69) is 52.3 Å². The summed E-state index contributed by atoms with van der Waals surface area (Å²) < 4.78 is 2.67. The number of hydrogen-bond acceptors (Lipinski definition) is 1. The third-order valence-electron chi connectivity index (χ3n) is 2.91. The smallest absolute Gasteiger partial charge is 0.0474 e. The molecule has 0 fully saturated rings. The lowest BCUT2D eigenvalue weighted by Crippen LogP contribution is -1.76. The fraction of sp³-hybridized carbons (Fsp3) is 0.143. The fourth-order valence-electron chi connectivity index (χ4n) is 2.04. The van der Waals surface area contributed by atoms with Gasteiger partial charge in [0.15, 0.2) is 0 Å². The van der Waals surface area contributed by atoms with E-state index in [-0.39, 0.29) is 0 Å². The van der Waals surface area contributed by atoms with Crippen molar-refractivity contribution in [3.05, 3.63) is 47.5 Å². The van der Waals surface area contributed by atoms with Crippen molar-refractivity contribution in [2.24, 2.45) is 0 Å². The van der Waals surface area contributed by atoms with Crippen molar-refractivity contribution in [3.8, 4) is 0 Å². The minimum Gasteiger partial charge on any atom is -0.135 e. The molecule has 3 heteroatoms. The van der Waals surface area contributed by atoms with Crippen LogP contribution in [-0.2, 0) is 11.2 Å². The van der Waals surface area contributed by atoms with Crippen LogP contribution in [0, 0.1) is 0 Å². The molecule has 3 aromatic rings. The van der Waals surface area contributed by atoms with E-state index in [0.29, 0.717) is 5.88 Å². The van der Waals surface area contributed by atoms with E-state index in [0.717, 1.165) is 5.33 Å². The summed E-state index contributed by atoms with van der Waals surface area (Å²) in [7, 11) is 0. The quantitative estimate of drug-likeness (QED) is 0.531. The predicted octanol–water partition coefficient (Wildman–Crippen LogP) is 5.69. The third kappa shape index (κ3) is 1.99. The van der Waals surface area contributed by atoms with Crippen LogP contribution >= 0.6 is 38.9 Å². The van der Waals surface area contributed by atoms with Gasteiger partial charge in [0.2, 0.25) is 0 Å². The van der Waals surface area contributed by atoms with Crippen molar-refractivity contribution >= 4 is 59.0 Å². The number of halogens is 2. The van der Waals surface area contributed by atoms with E-state index in [9.17, 15) is 0 Å². The molecule has 0 amide bonds. The third-order valence-corrected chi connectivity index (χ3v) is 5.00. The van der Waals surface area contributed by atoms with Crippen molar-refractivity contribution in [2.45, 2.75) is 11.2 Å². The summed E-state index contributed by atoms with van der Waals surface area (Å²) in [5, 5.41) is 3.59. The molecule has 17 heavy (non-hydrogen) atoms. The normalized spacial score (nSPS) is 11.4. The van der Waals surface area contributed by atoms with E-state index >= 15 is 0 Å². The second-order valence-corrected chi connectivity index (χ2v) is 5.94. The van der Waals surface area contributed by atoms with Gasteiger partial charge in [0.05, 0.1) is 0 Å². The van der Waals surface area contributed by atoms with Gasteiger partial charge >= 0.3 is 0 Å². The maximum atomic E-state index is 5.87. The molecule has 0 radical (unpaired) electrons. The number of rotatable bonds is 2. The Morgan fingerprint density at radius 2 is 1.76 bits per heavy atom. The van der Waals surface area contributed by atoms with Crippen molar-refractivity contribution in [1.82, 2.24) is 0 Å². The Balaban J connectivity index is 2.34. The lowest BCUT2D eigenvalue weighted by atomic mass is 10.1. The first-order valence-corrected chi connectivity index (χ1v) is 7.85. The van der Waals surface area contributed by atoms with Crippen LogP contribution in [0.25, 0.3) is 20.2 Å². The molecule has 0 atom stereocenters. The molecule has 86 valence electrons. The van der Waals surface area contributed by atoms with Gasteiger partial charge in [-0.1, -0.05) is 34.1 Å². The summed E-state index contributed by atoms with van der Waals surface area (Å²) in [4.78, 5) is 0. The van der Waals surface area contributed by atoms with Crippen LogP contribution in [0.2, 0.25) is 0 Å². The minimum atomic E-state index is 0.580. The summed E-state index contributed by atoms with van der Waals surface area (Å²) in [5.41, 5.74) is 2.50. The number of thiophene rings is 1. The summed E-state index contributed by atoms with van der Waals surface area (Å²) in [5.74, 6) is 0.580. The fourth-order valence-corrected chi connectivity index (χ4v) is 3.70. The number of fused-ring (bicyclic) bond motifs is 3. The molecule has 0 unspecified atom stereocenters. The molecule has 0 aliphatic rings. The largest absolute Gasteiger partial charge is 0.135 e. The molecule has 2 aromatic carbocycles. The summed E-state index contributed by atoms with van der Waals surface area (Å²) >= 11 is 11.2. The average Bonchev–Trinajstić information content (AvgIpc) is 2.74. The SMILES string of the molecule is ClCc1ccc2c(c1)sc1ccc(CBr)cc12. The lowest BCUT2D eigenvalue weighted by molar-refractivity contribution is 1.43. The van der Waals surface area contributed by atoms with Crippen molar-refractivity contribution in [2.75, 3.05) is 0 Å². The Kier molecular flexibility index (Phi) is 3.12. The standard InChI is InChI=1S/C14H10BrClS/c15-7-9-2-4-13-12(5-9)11-3-1-10(8-16)6-14(11)17-13/h1-6H,7-8H2. The number of alkyl halides is 2. The van der Waals surface area contributed by atoms with E-state index in [4.69, 9.17) is 11.6 Å². The van der Waals surface area contributed by atoms with Gasteiger partial charge in [0.1, 0.15) is 0 Å². The molecule has 0 aliphatic carbocycles. The zero-order valence-corrected chi connectivity index (χ0v) is 12.2. The van der Waals surface area contributed by atoms with Crippen LogP contribution in [0.4, 0.5) is 0 Å². The van der Waals surface area contributed by atoms with Crippen LogP contribution < -0.4 is 0 Å². The highest BCUT2D eigenvalue weighted by Crippen LogP contribution is 2.35. The monoisotopic (exact) mass is 324 g/mol. The number of hydrogen-bond donors (Lipinski definition) is 0. The maximum Gasteiger partial charge on any atom is 0.0474 e. The van der Waals surface area contributed by atoms with Gasteiger partial charge in [-0.15, -0.1) is 22.9 Å². The summed E-state index contributed by atoms with van der Waals surface area (Å²) in [6, 6.07) is 13.1. The van der Waals surface area contributed by atoms with E-state index in [1.54, 1.807) is 0 Å². The van der Waals surface area contributed by atoms with E-state index < -0.39 is 0 Å². The van der Waals surface area contributed by atoms with Gasteiger partial charge in [0, 0.05) is 31.4 Å². The molecule has 0 saturated heterocycles. The Bertz CT molecular complexity index is 687. The van der Waals surface area contributed by atoms with Crippen LogP contribution in [-0.4, -0.2) is 0 Å². The van der Waals surface area contributed by atoms with Crippen molar-refractivity contribution < 1.29 is 0 Å². The number of benzene rings is 2. The van der Waals surface area contributed by atoms with Crippen LogP contribution in [0.15, 0.2) is 36.4 Å². The highest BCUT2D eigenvalue weighted by atomic mass is 79.9. The van der Waals surface area contributed by atoms with Gasteiger partial charge in [-0.3, -0.25) is 0 Å². The minimum absolute atomic E-state index is 0.580. The topological polar surface area (TPSA) is 0 Å². The average molecular weight is 326 g/mol. The Labute approximate surface area is 117 Å². The molecule has 0 bridgehead atoms. The zero-order chi connectivity index (χ0) is 11.8. The van der Waals surface area contributed by atoms with Gasteiger partial charge in [0.25, 0.3) is 0 Å². The van der Waals surface area contributed by atoms with Crippen LogP contribution in [0.1, 0.15) is 11.1 Å². The molecule has 0 saturated carbocycles. The van der Waals surface area contributed by atoms with Gasteiger partial charge < -0.3 is 0 Å². The molecule has 3 rings (SSSR count). The van der Waals surface area contributed by atoms with Gasteiger partial charge in [-0.25, -0.2) is 0 Å². The molecule has 0 N–H and O–H groups in total. The molecular formula is C14H10BrClS. The second kappa shape index (κ2) is 4.60. The highest BCUT2D eigenvalue weighted by Gasteiger charge is 2.06. The van der Waals surface area contributed by atoms with Crippen LogP contribution in [0.5, 0.6) is 0 Å². The van der Waals surface area contributed by atoms with E-state index in [1.807, 2.05) is 11.3 Å². The maximum absolute atomic E-state index is 5.87. The first kappa shape index (κ1) is 11.5. The summed E-state index contributed by atoms with van der Waals surface area (Å²) in [6.45, 7) is 0. The van der Waals surface area contributed by atoms with Crippen LogP contribution in [0.3, 0.4) is 0 Å². The molecular weight excluding hydrogens is 316 g/mol.